The fraction of sp³-hybridized carbons (Fsp3) is 0.360. The van der Waals surface area contributed by atoms with Gasteiger partial charge in [-0.3, -0.25) is 4.79 Å². The second kappa shape index (κ2) is 10.7. The van der Waals surface area contributed by atoms with E-state index < -0.39 is 28.3 Å². The Morgan fingerprint density at radius 1 is 1.14 bits per heavy atom. The minimum atomic E-state index is -4.06. The summed E-state index contributed by atoms with van der Waals surface area (Å²) < 4.78 is 47.3. The second-order valence-electron chi connectivity index (χ2n) is 9.25. The third-order valence-electron chi connectivity index (χ3n) is 5.31. The summed E-state index contributed by atoms with van der Waals surface area (Å²) >= 11 is 0. The molecule has 10 heteroatoms. The summed E-state index contributed by atoms with van der Waals surface area (Å²) in [5.74, 6) is -0.665. The molecule has 1 N–H and O–H groups in total. The molecule has 0 unspecified atom stereocenters. The number of sulfonamides is 1. The quantitative estimate of drug-likeness (QED) is 0.479. The number of anilines is 1. The zero-order valence-electron chi connectivity index (χ0n) is 20.6. The van der Waals surface area contributed by atoms with Crippen LogP contribution in [-0.4, -0.2) is 55.2 Å². The van der Waals surface area contributed by atoms with Crippen LogP contribution in [0.25, 0.3) is 5.69 Å². The number of amides is 1. The van der Waals surface area contributed by atoms with Crippen LogP contribution in [0.15, 0.2) is 59.5 Å². The van der Waals surface area contributed by atoms with E-state index in [2.05, 4.69) is 5.32 Å². The number of rotatable bonds is 9. The van der Waals surface area contributed by atoms with Gasteiger partial charge in [0.25, 0.3) is 0 Å². The topological polar surface area (TPSA) is 93.5 Å². The molecule has 0 bridgehead atoms. The highest BCUT2D eigenvalue weighted by Crippen LogP contribution is 2.27. The van der Waals surface area contributed by atoms with E-state index in [4.69, 9.17) is 9.84 Å². The predicted molar refractivity (Wildman–Crippen MR) is 133 cm³/mol. The van der Waals surface area contributed by atoms with Crippen molar-refractivity contribution in [3.63, 3.8) is 0 Å². The van der Waals surface area contributed by atoms with Crippen molar-refractivity contribution in [2.75, 3.05) is 32.1 Å². The lowest BCUT2D eigenvalue weighted by atomic mass is 9.92. The summed E-state index contributed by atoms with van der Waals surface area (Å²) in [4.78, 5) is 13.0. The van der Waals surface area contributed by atoms with E-state index in [-0.39, 0.29) is 23.5 Å². The van der Waals surface area contributed by atoms with Crippen molar-refractivity contribution in [2.24, 2.45) is 0 Å². The van der Waals surface area contributed by atoms with Crippen LogP contribution < -0.4 is 5.32 Å². The smallest absolute Gasteiger partial charge is 0.243 e. The first-order valence-corrected chi connectivity index (χ1v) is 12.6. The van der Waals surface area contributed by atoms with Gasteiger partial charge in [0.05, 0.1) is 29.4 Å². The van der Waals surface area contributed by atoms with Crippen molar-refractivity contribution in [1.29, 1.82) is 0 Å². The standard InChI is InChI=1S/C25H31FN4O4S/c1-18-7-6-8-20(15-18)30-23(16-22(28-30)25(2,3)4)27-24(31)17-29(13-14-34-5)35(32,33)21-11-9-19(26)10-12-21/h6-12,15-16H,13-14,17H2,1-5H3,(H,27,31). The van der Waals surface area contributed by atoms with Crippen LogP contribution in [0.4, 0.5) is 10.2 Å². The van der Waals surface area contributed by atoms with Crippen molar-refractivity contribution >= 4 is 21.7 Å². The van der Waals surface area contributed by atoms with E-state index >= 15 is 0 Å². The third kappa shape index (κ3) is 6.53. The second-order valence-corrected chi connectivity index (χ2v) is 11.2. The van der Waals surface area contributed by atoms with Crippen LogP contribution in [0.2, 0.25) is 0 Å². The fourth-order valence-corrected chi connectivity index (χ4v) is 4.75. The Morgan fingerprint density at radius 3 is 2.43 bits per heavy atom. The highest BCUT2D eigenvalue weighted by Gasteiger charge is 2.28. The van der Waals surface area contributed by atoms with Crippen molar-refractivity contribution in [1.82, 2.24) is 14.1 Å². The molecule has 35 heavy (non-hydrogen) atoms. The fourth-order valence-electron chi connectivity index (χ4n) is 3.37. The van der Waals surface area contributed by atoms with E-state index in [1.54, 1.807) is 10.7 Å². The minimum Gasteiger partial charge on any atom is -0.383 e. The molecule has 3 aromatic rings. The molecule has 0 aliphatic carbocycles. The molecule has 0 spiro atoms. The Morgan fingerprint density at radius 2 is 1.83 bits per heavy atom. The lowest BCUT2D eigenvalue weighted by Crippen LogP contribution is -2.40. The number of nitrogens with one attached hydrogen (secondary N) is 1. The number of aryl methyl sites for hydroxylation is 1. The maximum atomic E-state index is 13.3. The Kier molecular flexibility index (Phi) is 8.09. The molecule has 3 rings (SSSR count). The predicted octanol–water partition coefficient (Wildman–Crippen LogP) is 3.89. The highest BCUT2D eigenvalue weighted by atomic mass is 32.2. The molecule has 0 radical (unpaired) electrons. The van der Waals surface area contributed by atoms with Gasteiger partial charge in [0.15, 0.2) is 0 Å². The number of halogens is 1. The van der Waals surface area contributed by atoms with E-state index in [0.717, 1.165) is 33.4 Å². The molecule has 8 nitrogen and oxygen atoms in total. The number of hydrogen-bond acceptors (Lipinski definition) is 5. The average Bonchev–Trinajstić information content (AvgIpc) is 3.21. The molecule has 0 saturated heterocycles. The zero-order chi connectivity index (χ0) is 25.8. The van der Waals surface area contributed by atoms with Crippen LogP contribution in [0.1, 0.15) is 32.0 Å². The summed E-state index contributed by atoms with van der Waals surface area (Å²) in [6.07, 6.45) is 0. The van der Waals surface area contributed by atoms with Gasteiger partial charge >= 0.3 is 0 Å². The molecule has 0 saturated carbocycles. The van der Waals surface area contributed by atoms with Gasteiger partial charge in [0.2, 0.25) is 15.9 Å². The Hall–Kier alpha value is -3.08. The SMILES string of the molecule is COCCN(CC(=O)Nc1cc(C(C)(C)C)nn1-c1cccc(C)c1)S(=O)(=O)c1ccc(F)cc1. The summed E-state index contributed by atoms with van der Waals surface area (Å²) in [6.45, 7) is 7.60. The van der Waals surface area contributed by atoms with Gasteiger partial charge in [-0.25, -0.2) is 17.5 Å². The average molecular weight is 503 g/mol. The van der Waals surface area contributed by atoms with Gasteiger partial charge in [-0.1, -0.05) is 32.9 Å². The number of nitrogens with zero attached hydrogens (tertiary/aromatic N) is 3. The van der Waals surface area contributed by atoms with Crippen LogP contribution in [0, 0.1) is 12.7 Å². The van der Waals surface area contributed by atoms with E-state index in [1.165, 1.54) is 19.2 Å². The summed E-state index contributed by atoms with van der Waals surface area (Å²) in [5, 5.41) is 7.51. The molecule has 0 fully saturated rings. The molecule has 1 heterocycles. The van der Waals surface area contributed by atoms with Gasteiger partial charge in [-0.15, -0.1) is 0 Å². The van der Waals surface area contributed by atoms with Crippen LogP contribution in [0.3, 0.4) is 0 Å². The van der Waals surface area contributed by atoms with Crippen LogP contribution >= 0.6 is 0 Å². The number of carbonyl (C=O) groups is 1. The molecule has 2 aromatic carbocycles. The molecular formula is C25H31FN4O4S. The maximum absolute atomic E-state index is 13.3. The van der Waals surface area contributed by atoms with Gasteiger partial charge in [0, 0.05) is 25.1 Å². The van der Waals surface area contributed by atoms with Crippen molar-refractivity contribution < 1.29 is 22.3 Å². The minimum absolute atomic E-state index is 0.0476. The molecule has 0 aliphatic rings. The van der Waals surface area contributed by atoms with E-state index in [1.807, 2.05) is 52.0 Å². The Labute approximate surface area is 205 Å². The lowest BCUT2D eigenvalue weighted by Gasteiger charge is -2.21. The number of carbonyl (C=O) groups excluding carboxylic acids is 1. The maximum Gasteiger partial charge on any atom is 0.243 e. The number of methoxy groups -OCH3 is 1. The van der Waals surface area contributed by atoms with Crippen molar-refractivity contribution in [3.8, 4) is 5.69 Å². The van der Waals surface area contributed by atoms with Gasteiger partial charge in [0.1, 0.15) is 11.6 Å². The van der Waals surface area contributed by atoms with E-state index in [9.17, 15) is 17.6 Å². The van der Waals surface area contributed by atoms with Gasteiger partial charge in [-0.2, -0.15) is 9.40 Å². The first-order valence-electron chi connectivity index (χ1n) is 11.1. The van der Waals surface area contributed by atoms with Gasteiger partial charge < -0.3 is 10.1 Å². The number of aromatic nitrogens is 2. The van der Waals surface area contributed by atoms with Crippen molar-refractivity contribution in [3.05, 3.63) is 71.7 Å². The van der Waals surface area contributed by atoms with Crippen LogP contribution in [-0.2, 0) is 25.0 Å². The highest BCUT2D eigenvalue weighted by molar-refractivity contribution is 7.89. The normalized spacial score (nSPS) is 12.2. The molecule has 1 aromatic heterocycles. The zero-order valence-corrected chi connectivity index (χ0v) is 21.4. The largest absolute Gasteiger partial charge is 0.383 e. The number of ether oxygens (including phenoxy) is 1. The monoisotopic (exact) mass is 502 g/mol. The summed E-state index contributed by atoms with van der Waals surface area (Å²) in [5.41, 5.74) is 2.30. The lowest BCUT2D eigenvalue weighted by molar-refractivity contribution is -0.116. The van der Waals surface area contributed by atoms with E-state index in [0.29, 0.717) is 5.82 Å². The first-order chi connectivity index (χ1) is 16.4. The summed E-state index contributed by atoms with van der Waals surface area (Å²) in [6, 6.07) is 13.9. The summed E-state index contributed by atoms with van der Waals surface area (Å²) in [7, 11) is -2.62. The Balaban J connectivity index is 1.91. The molecule has 0 atom stereocenters. The molecule has 1 amide bonds. The molecule has 0 aliphatic heterocycles. The van der Waals surface area contributed by atoms with Crippen molar-refractivity contribution in [2.45, 2.75) is 38.0 Å². The van der Waals surface area contributed by atoms with Crippen LogP contribution in [0.5, 0.6) is 0 Å². The first kappa shape index (κ1) is 26.5. The number of hydrogen-bond donors (Lipinski definition) is 1. The molecule has 188 valence electrons. The Bertz CT molecular complexity index is 1280. The third-order valence-corrected chi connectivity index (χ3v) is 7.17. The molecular weight excluding hydrogens is 471 g/mol. The van der Waals surface area contributed by atoms with Gasteiger partial charge in [-0.05, 0) is 48.9 Å². The number of benzene rings is 2.